The Balaban J connectivity index is 0.00000720. The van der Waals surface area contributed by atoms with E-state index in [-0.39, 0.29) is 47.6 Å². The predicted octanol–water partition coefficient (Wildman–Crippen LogP) is 0.677. The van der Waals surface area contributed by atoms with Gasteiger partial charge in [0.2, 0.25) is 6.29 Å². The van der Waals surface area contributed by atoms with Gasteiger partial charge in [-0.3, -0.25) is 4.79 Å². The minimum atomic E-state index is -4.87. The van der Waals surface area contributed by atoms with E-state index in [0.717, 1.165) is 43.6 Å². The first kappa shape index (κ1) is 50.0. The zero-order valence-corrected chi connectivity index (χ0v) is 39.5. The SMILES string of the molecule is CC[C@@H](C(C)OC(=O)OC(C)OC(=O)CNS(=O)(=O)[O-])n1ncn(-c2ccc(N3CCN(c4ccc(OC[C@@H]5CO[C@@](Cn6cncn6)(c6ccc(F)cc6F)C5)cc4)CC3)cc2)c1=O.[Na+]. The number of carbonyl (C=O) groups excluding carboxylic acids is 2. The van der Waals surface area contributed by atoms with Crippen LogP contribution < -0.4 is 54.5 Å². The molecule has 0 saturated carbocycles. The van der Waals surface area contributed by atoms with Gasteiger partial charge in [0.1, 0.15) is 54.6 Å². The number of esters is 1. The summed E-state index contributed by atoms with van der Waals surface area (Å²) in [6.07, 6.45) is 1.52. The number of anilines is 2. The number of ether oxygens (including phenoxy) is 5. The predicted molar refractivity (Wildman–Crippen MR) is 226 cm³/mol. The number of carbonyl (C=O) groups is 2. The smallest absolute Gasteiger partial charge is 0.735 e. The third-order valence-corrected chi connectivity index (χ3v) is 11.7. The number of nitrogens with one attached hydrogen (secondary N) is 1. The van der Waals surface area contributed by atoms with E-state index in [0.29, 0.717) is 37.5 Å². The van der Waals surface area contributed by atoms with Gasteiger partial charge in [0, 0.05) is 62.0 Å². The fraction of sp³-hybridized carbons (Fsp3) is 0.429. The molecule has 20 nitrogen and oxygen atoms in total. The molecular formula is C42H48F2N9NaO11S. The Bertz CT molecular complexity index is 2580. The van der Waals surface area contributed by atoms with Gasteiger partial charge >= 0.3 is 47.4 Å². The Hall–Kier alpha value is -5.43. The normalized spacial score (nSPS) is 18.8. The van der Waals surface area contributed by atoms with Gasteiger partial charge in [0.15, 0.2) is 10.3 Å². The van der Waals surface area contributed by atoms with Crippen LogP contribution in [0.15, 0.2) is 90.5 Å². The second-order valence-corrected chi connectivity index (χ2v) is 16.8. The molecule has 5 aromatic rings. The standard InChI is InChI=1S/C42H49F2N9O11S.Na/c1-4-38(28(2)62-41(56)64-29(3)63-39(54)21-48-65(57,58)59)53-40(55)52(27-47-53)34-8-6-32(7-9-34)49-15-17-50(18-16-49)33-10-12-35(13-11-33)60-22-30-20-42(61-23-30,24-51-26-45-25-46-51)36-14-5-31(43)19-37(36)44;/h5-14,19,25-30,38,48H,4,15-18,20-24H2,1-3H3,(H,57,58,59);/q;+1/p-1/t28?,29?,30-,38+,42+;/m1./s1. The molecule has 24 heteroatoms. The van der Waals surface area contributed by atoms with Crippen molar-refractivity contribution in [1.29, 1.82) is 0 Å². The summed E-state index contributed by atoms with van der Waals surface area (Å²) >= 11 is 0. The number of rotatable bonds is 18. The Morgan fingerprint density at radius 3 is 2.18 bits per heavy atom. The van der Waals surface area contributed by atoms with Crippen LogP contribution in [-0.2, 0) is 46.2 Å². The summed E-state index contributed by atoms with van der Waals surface area (Å²) in [7, 11) is -4.87. The largest absolute Gasteiger partial charge is 1.00 e. The molecule has 348 valence electrons. The molecule has 5 atom stereocenters. The summed E-state index contributed by atoms with van der Waals surface area (Å²) in [6.45, 7) is 7.50. The monoisotopic (exact) mass is 947 g/mol. The van der Waals surface area contributed by atoms with Crippen molar-refractivity contribution in [2.45, 2.75) is 64.2 Å². The topological polar surface area (TPSA) is 227 Å². The number of nitrogens with zero attached hydrogens (tertiary/aromatic N) is 8. The minimum Gasteiger partial charge on any atom is -0.735 e. The molecule has 0 radical (unpaired) electrons. The maximum Gasteiger partial charge on any atom is 1.00 e. The van der Waals surface area contributed by atoms with Crippen LogP contribution in [0.25, 0.3) is 5.69 Å². The van der Waals surface area contributed by atoms with Gasteiger partial charge in [-0.1, -0.05) is 13.0 Å². The van der Waals surface area contributed by atoms with Gasteiger partial charge < -0.3 is 38.0 Å². The third-order valence-electron chi connectivity index (χ3n) is 11.2. The van der Waals surface area contributed by atoms with Crippen molar-refractivity contribution in [2.24, 2.45) is 5.92 Å². The van der Waals surface area contributed by atoms with Crippen molar-refractivity contribution < 1.29 is 84.6 Å². The summed E-state index contributed by atoms with van der Waals surface area (Å²) in [5, 5.41) is 8.45. The van der Waals surface area contributed by atoms with Gasteiger partial charge in [-0.05, 0) is 74.4 Å². The maximum atomic E-state index is 15.0. The average molecular weight is 948 g/mol. The quantitative estimate of drug-likeness (QED) is 0.0552. The van der Waals surface area contributed by atoms with E-state index in [1.54, 1.807) is 18.5 Å². The van der Waals surface area contributed by atoms with Gasteiger partial charge in [0.05, 0.1) is 31.5 Å². The van der Waals surface area contributed by atoms with E-state index in [2.05, 4.69) is 25.0 Å². The van der Waals surface area contributed by atoms with Gasteiger partial charge in [-0.2, -0.15) is 10.2 Å². The first-order valence-corrected chi connectivity index (χ1v) is 22.2. The van der Waals surface area contributed by atoms with Crippen LogP contribution in [0, 0.1) is 17.6 Å². The maximum absolute atomic E-state index is 15.0. The van der Waals surface area contributed by atoms with Crippen LogP contribution in [-0.4, -0.2) is 113 Å². The molecule has 0 amide bonds. The summed E-state index contributed by atoms with van der Waals surface area (Å²) in [5.41, 5.74) is 1.36. The Morgan fingerprint density at radius 1 is 0.924 bits per heavy atom. The van der Waals surface area contributed by atoms with E-state index in [9.17, 15) is 31.7 Å². The molecule has 0 bridgehead atoms. The number of aromatic nitrogens is 6. The molecule has 2 saturated heterocycles. The molecule has 0 spiro atoms. The Morgan fingerprint density at radius 2 is 1.58 bits per heavy atom. The molecule has 2 aliphatic heterocycles. The molecule has 1 N–H and O–H groups in total. The zero-order valence-electron chi connectivity index (χ0n) is 36.7. The van der Waals surface area contributed by atoms with Crippen molar-refractivity contribution >= 4 is 33.8 Å². The van der Waals surface area contributed by atoms with Crippen molar-refractivity contribution in [3.05, 3.63) is 113 Å². The summed E-state index contributed by atoms with van der Waals surface area (Å²) in [5.74, 6) is -1.86. The van der Waals surface area contributed by atoms with Crippen LogP contribution in [0.5, 0.6) is 5.75 Å². The Labute approximate surface area is 400 Å². The van der Waals surface area contributed by atoms with Gasteiger partial charge in [-0.25, -0.2) is 50.4 Å². The van der Waals surface area contributed by atoms with Crippen molar-refractivity contribution in [1.82, 2.24) is 33.8 Å². The summed E-state index contributed by atoms with van der Waals surface area (Å²) < 4.78 is 93.7. The molecule has 3 aromatic carbocycles. The van der Waals surface area contributed by atoms with Crippen LogP contribution in [0.3, 0.4) is 0 Å². The molecule has 66 heavy (non-hydrogen) atoms. The average Bonchev–Trinajstić information content (AvgIpc) is 4.04. The second kappa shape index (κ2) is 21.9. The fourth-order valence-corrected chi connectivity index (χ4v) is 8.31. The van der Waals surface area contributed by atoms with Crippen LogP contribution in [0.2, 0.25) is 0 Å². The zero-order chi connectivity index (χ0) is 46.3. The molecule has 2 aliphatic rings. The van der Waals surface area contributed by atoms with E-state index in [1.165, 1.54) is 52.0 Å². The second-order valence-electron chi connectivity index (χ2n) is 15.6. The number of hydrogen-bond donors (Lipinski definition) is 1. The summed E-state index contributed by atoms with van der Waals surface area (Å²) in [6, 6.07) is 18.2. The van der Waals surface area contributed by atoms with Crippen LogP contribution in [0.4, 0.5) is 25.0 Å². The van der Waals surface area contributed by atoms with Crippen LogP contribution in [0.1, 0.15) is 45.2 Å². The molecule has 2 fully saturated rings. The molecule has 0 aliphatic carbocycles. The molecule has 2 aromatic heterocycles. The number of hydrogen-bond acceptors (Lipinski definition) is 16. The molecular weight excluding hydrogens is 900 g/mol. The Kier molecular flexibility index (Phi) is 16.6. The van der Waals surface area contributed by atoms with E-state index < -0.39 is 70.3 Å². The first-order chi connectivity index (χ1) is 31.1. The molecule has 2 unspecified atom stereocenters. The van der Waals surface area contributed by atoms with Crippen molar-refractivity contribution in [2.75, 3.05) is 55.7 Å². The van der Waals surface area contributed by atoms with Crippen molar-refractivity contribution in [3.8, 4) is 11.4 Å². The van der Waals surface area contributed by atoms with E-state index in [4.69, 9.17) is 23.7 Å². The molecule has 7 rings (SSSR count). The first-order valence-electron chi connectivity index (χ1n) is 20.8. The summed E-state index contributed by atoms with van der Waals surface area (Å²) in [4.78, 5) is 46.2. The number of benzene rings is 3. The minimum absolute atomic E-state index is 0. The van der Waals surface area contributed by atoms with Gasteiger partial charge in [0.25, 0.3) is 0 Å². The number of piperazine rings is 1. The van der Waals surface area contributed by atoms with E-state index >= 15 is 4.39 Å². The van der Waals surface area contributed by atoms with E-state index in [1.807, 2.05) is 48.5 Å². The molecule has 4 heterocycles. The van der Waals surface area contributed by atoms with Gasteiger partial charge in [-0.15, -0.1) is 0 Å². The number of halogens is 2. The third kappa shape index (κ3) is 12.5. The van der Waals surface area contributed by atoms with Crippen molar-refractivity contribution in [3.63, 3.8) is 0 Å². The van der Waals surface area contributed by atoms with Crippen LogP contribution >= 0.6 is 0 Å². The fourth-order valence-electron chi connectivity index (χ4n) is 8.02.